The van der Waals surface area contributed by atoms with Gasteiger partial charge >= 0.3 is 0 Å². The number of benzene rings is 1. The predicted octanol–water partition coefficient (Wildman–Crippen LogP) is 3.11. The van der Waals surface area contributed by atoms with Crippen molar-refractivity contribution in [3.05, 3.63) is 59.5 Å². The third kappa shape index (κ3) is 3.98. The normalized spacial score (nSPS) is 15.1. The number of nitrogens with one attached hydrogen (secondary N) is 1. The third-order valence-corrected chi connectivity index (χ3v) is 3.89. The zero-order valence-electron chi connectivity index (χ0n) is 13.3. The molecule has 118 valence electrons. The van der Waals surface area contributed by atoms with Crippen LogP contribution in [0, 0.1) is 6.92 Å². The first-order valence-electron chi connectivity index (χ1n) is 7.49. The number of hydrogen-bond donors (Lipinski definition) is 2. The summed E-state index contributed by atoms with van der Waals surface area (Å²) in [4.78, 5) is 12.1. The van der Waals surface area contributed by atoms with E-state index in [1.54, 1.807) is 19.1 Å². The van der Waals surface area contributed by atoms with E-state index in [0.717, 1.165) is 0 Å². The SMILES string of the molecule is Cc1ccccc1C(C)CC(=O)NCC(C)(O)c1ccco1. The van der Waals surface area contributed by atoms with E-state index in [1.807, 2.05) is 38.1 Å². The standard InChI is InChI=1S/C18H23NO3/c1-13-7-4-5-8-15(13)14(2)11-17(20)19-12-18(3,21)16-9-6-10-22-16/h4-10,14,21H,11-12H2,1-3H3,(H,19,20). The Morgan fingerprint density at radius 1 is 1.32 bits per heavy atom. The van der Waals surface area contributed by atoms with Crippen LogP contribution in [0.1, 0.15) is 43.1 Å². The summed E-state index contributed by atoms with van der Waals surface area (Å²) in [6, 6.07) is 11.5. The van der Waals surface area contributed by atoms with E-state index in [1.165, 1.54) is 17.4 Å². The maximum absolute atomic E-state index is 12.1. The Morgan fingerprint density at radius 3 is 2.68 bits per heavy atom. The molecule has 1 aromatic carbocycles. The third-order valence-electron chi connectivity index (χ3n) is 3.89. The Balaban J connectivity index is 1.89. The van der Waals surface area contributed by atoms with Crippen LogP contribution in [0.5, 0.6) is 0 Å². The van der Waals surface area contributed by atoms with Gasteiger partial charge in [0.05, 0.1) is 12.8 Å². The van der Waals surface area contributed by atoms with Crippen molar-refractivity contribution < 1.29 is 14.3 Å². The smallest absolute Gasteiger partial charge is 0.220 e. The molecule has 0 saturated heterocycles. The first kappa shape index (κ1) is 16.3. The highest BCUT2D eigenvalue weighted by atomic mass is 16.4. The average molecular weight is 301 g/mol. The fourth-order valence-electron chi connectivity index (χ4n) is 2.54. The number of carbonyl (C=O) groups is 1. The van der Waals surface area contributed by atoms with Crippen LogP contribution >= 0.6 is 0 Å². The van der Waals surface area contributed by atoms with Gasteiger partial charge in [0.15, 0.2) is 0 Å². The second-order valence-electron chi connectivity index (χ2n) is 5.99. The Labute approximate surface area is 131 Å². The van der Waals surface area contributed by atoms with E-state index in [-0.39, 0.29) is 18.4 Å². The van der Waals surface area contributed by atoms with Gasteiger partial charge < -0.3 is 14.8 Å². The lowest BCUT2D eigenvalue weighted by molar-refractivity contribution is -0.122. The number of rotatable bonds is 6. The molecule has 0 aliphatic heterocycles. The summed E-state index contributed by atoms with van der Waals surface area (Å²) in [5.41, 5.74) is 1.16. The molecular weight excluding hydrogens is 278 g/mol. The molecule has 1 amide bonds. The summed E-state index contributed by atoms with van der Waals surface area (Å²) in [6.07, 6.45) is 1.89. The lowest BCUT2D eigenvalue weighted by atomic mass is 9.93. The minimum Gasteiger partial charge on any atom is -0.466 e. The van der Waals surface area contributed by atoms with Crippen LogP contribution in [0.4, 0.5) is 0 Å². The summed E-state index contributed by atoms with van der Waals surface area (Å²) in [5.74, 6) is 0.497. The minimum atomic E-state index is -1.20. The molecule has 2 N–H and O–H groups in total. The van der Waals surface area contributed by atoms with Crippen molar-refractivity contribution >= 4 is 5.91 Å². The number of furan rings is 1. The number of hydrogen-bond acceptors (Lipinski definition) is 3. The van der Waals surface area contributed by atoms with Crippen molar-refractivity contribution in [2.75, 3.05) is 6.54 Å². The van der Waals surface area contributed by atoms with Crippen molar-refractivity contribution in [1.82, 2.24) is 5.32 Å². The topological polar surface area (TPSA) is 62.5 Å². The molecule has 2 aromatic rings. The molecule has 2 unspecified atom stereocenters. The van der Waals surface area contributed by atoms with Crippen LogP contribution in [0.25, 0.3) is 0 Å². The van der Waals surface area contributed by atoms with E-state index in [2.05, 4.69) is 5.32 Å². The highest BCUT2D eigenvalue weighted by Crippen LogP contribution is 2.23. The van der Waals surface area contributed by atoms with Crippen molar-refractivity contribution in [3.8, 4) is 0 Å². The molecule has 0 saturated carbocycles. The van der Waals surface area contributed by atoms with E-state index in [0.29, 0.717) is 12.2 Å². The van der Waals surface area contributed by atoms with Gasteiger partial charge in [-0.2, -0.15) is 0 Å². The first-order valence-corrected chi connectivity index (χ1v) is 7.49. The van der Waals surface area contributed by atoms with Gasteiger partial charge in [-0.25, -0.2) is 0 Å². The second kappa shape index (κ2) is 6.79. The van der Waals surface area contributed by atoms with Crippen LogP contribution in [-0.4, -0.2) is 17.6 Å². The fourth-order valence-corrected chi connectivity index (χ4v) is 2.54. The number of aryl methyl sites for hydroxylation is 1. The van der Waals surface area contributed by atoms with Crippen LogP contribution in [0.2, 0.25) is 0 Å². The molecule has 22 heavy (non-hydrogen) atoms. The summed E-state index contributed by atoms with van der Waals surface area (Å²) in [6.45, 7) is 5.83. The molecule has 0 aliphatic carbocycles. The molecule has 2 atom stereocenters. The summed E-state index contributed by atoms with van der Waals surface area (Å²) in [7, 11) is 0. The molecule has 4 heteroatoms. The molecule has 0 fully saturated rings. The highest BCUT2D eigenvalue weighted by molar-refractivity contribution is 5.77. The maximum Gasteiger partial charge on any atom is 0.220 e. The molecule has 0 radical (unpaired) electrons. The van der Waals surface area contributed by atoms with Gasteiger partial charge in [0.25, 0.3) is 0 Å². The van der Waals surface area contributed by atoms with Crippen LogP contribution in [-0.2, 0) is 10.4 Å². The monoisotopic (exact) mass is 301 g/mol. The lowest BCUT2D eigenvalue weighted by Crippen LogP contribution is -2.38. The molecular formula is C18H23NO3. The van der Waals surface area contributed by atoms with Crippen molar-refractivity contribution in [1.29, 1.82) is 0 Å². The van der Waals surface area contributed by atoms with Crippen molar-refractivity contribution in [2.45, 2.75) is 38.7 Å². The van der Waals surface area contributed by atoms with Crippen LogP contribution < -0.4 is 5.32 Å². The molecule has 1 heterocycles. The average Bonchev–Trinajstić information content (AvgIpc) is 3.00. The highest BCUT2D eigenvalue weighted by Gasteiger charge is 2.27. The summed E-state index contributed by atoms with van der Waals surface area (Å²) in [5, 5.41) is 13.1. The quantitative estimate of drug-likeness (QED) is 0.861. The van der Waals surface area contributed by atoms with Gasteiger partial charge in [0.1, 0.15) is 11.4 Å². The summed E-state index contributed by atoms with van der Waals surface area (Å²) >= 11 is 0. The largest absolute Gasteiger partial charge is 0.466 e. The molecule has 2 rings (SSSR count). The summed E-state index contributed by atoms with van der Waals surface area (Å²) < 4.78 is 5.20. The van der Waals surface area contributed by atoms with Gasteiger partial charge in [-0.15, -0.1) is 0 Å². The van der Waals surface area contributed by atoms with E-state index < -0.39 is 5.60 Å². The Morgan fingerprint density at radius 2 is 2.05 bits per heavy atom. The Bertz CT molecular complexity index is 617. The Hall–Kier alpha value is -2.07. The lowest BCUT2D eigenvalue weighted by Gasteiger charge is -2.22. The number of aliphatic hydroxyl groups is 1. The van der Waals surface area contributed by atoms with E-state index >= 15 is 0 Å². The fraction of sp³-hybridized carbons (Fsp3) is 0.389. The first-order chi connectivity index (χ1) is 10.4. The van der Waals surface area contributed by atoms with Crippen molar-refractivity contribution in [3.63, 3.8) is 0 Å². The van der Waals surface area contributed by atoms with Crippen molar-refractivity contribution in [2.24, 2.45) is 0 Å². The molecule has 4 nitrogen and oxygen atoms in total. The zero-order valence-corrected chi connectivity index (χ0v) is 13.3. The van der Waals surface area contributed by atoms with Gasteiger partial charge in [0.2, 0.25) is 5.91 Å². The van der Waals surface area contributed by atoms with Gasteiger partial charge in [0, 0.05) is 6.42 Å². The van der Waals surface area contributed by atoms with E-state index in [4.69, 9.17) is 4.42 Å². The minimum absolute atomic E-state index is 0.0809. The zero-order chi connectivity index (χ0) is 16.2. The predicted molar refractivity (Wildman–Crippen MR) is 85.5 cm³/mol. The van der Waals surface area contributed by atoms with E-state index in [9.17, 15) is 9.90 Å². The van der Waals surface area contributed by atoms with Gasteiger partial charge in [-0.1, -0.05) is 31.2 Å². The van der Waals surface area contributed by atoms with Crippen LogP contribution in [0.3, 0.4) is 0 Å². The Kier molecular flexibility index (Phi) is 5.03. The maximum atomic E-state index is 12.1. The number of carbonyl (C=O) groups excluding carboxylic acids is 1. The second-order valence-corrected chi connectivity index (χ2v) is 5.99. The van der Waals surface area contributed by atoms with Gasteiger partial charge in [-0.3, -0.25) is 4.79 Å². The molecule has 1 aromatic heterocycles. The number of amides is 1. The van der Waals surface area contributed by atoms with Crippen LogP contribution in [0.15, 0.2) is 47.1 Å². The van der Waals surface area contributed by atoms with Gasteiger partial charge in [-0.05, 0) is 43.0 Å². The molecule has 0 spiro atoms. The molecule has 0 aliphatic rings. The molecule has 0 bridgehead atoms.